The van der Waals surface area contributed by atoms with Crippen LogP contribution < -0.4 is 10.6 Å². The molecule has 0 aromatic carbocycles. The lowest BCUT2D eigenvalue weighted by Crippen LogP contribution is -2.48. The normalized spacial score (nSPS) is 13.5. The third kappa shape index (κ3) is 7.86. The van der Waals surface area contributed by atoms with Gasteiger partial charge in [0.05, 0.1) is 0 Å². The molecule has 0 fully saturated rings. The van der Waals surface area contributed by atoms with Gasteiger partial charge in [-0.2, -0.15) is 0 Å². The summed E-state index contributed by atoms with van der Waals surface area (Å²) in [5.41, 5.74) is -0.208. The van der Waals surface area contributed by atoms with Crippen LogP contribution in [0.15, 0.2) is 0 Å². The average molecular weight is 202 g/mol. The molecule has 0 rings (SSSR count). The SMILES string of the molecule is CC(CCCO)NC(=O)NC(C)(C)C. The Morgan fingerprint density at radius 2 is 2.00 bits per heavy atom. The van der Waals surface area contributed by atoms with Gasteiger partial charge in [0, 0.05) is 18.2 Å². The number of hydrogen-bond acceptors (Lipinski definition) is 2. The van der Waals surface area contributed by atoms with Crippen molar-refractivity contribution in [3.63, 3.8) is 0 Å². The molecule has 14 heavy (non-hydrogen) atoms. The summed E-state index contributed by atoms with van der Waals surface area (Å²) in [4.78, 5) is 11.3. The van der Waals surface area contributed by atoms with Crippen molar-refractivity contribution < 1.29 is 9.90 Å². The zero-order chi connectivity index (χ0) is 11.2. The Bertz CT molecular complexity index is 175. The lowest BCUT2D eigenvalue weighted by Gasteiger charge is -2.22. The Kier molecular flexibility index (Phi) is 5.53. The molecule has 0 aromatic heterocycles. The lowest BCUT2D eigenvalue weighted by atomic mass is 10.1. The number of nitrogens with one attached hydrogen (secondary N) is 2. The molecule has 4 nitrogen and oxygen atoms in total. The maximum absolute atomic E-state index is 11.3. The van der Waals surface area contributed by atoms with E-state index < -0.39 is 0 Å². The fourth-order valence-electron chi connectivity index (χ4n) is 1.07. The van der Waals surface area contributed by atoms with Crippen LogP contribution in [0.4, 0.5) is 4.79 Å². The van der Waals surface area contributed by atoms with Crippen LogP contribution in [0.5, 0.6) is 0 Å². The second-order valence-corrected chi connectivity index (χ2v) is 4.62. The molecule has 0 spiro atoms. The van der Waals surface area contributed by atoms with Gasteiger partial charge in [-0.05, 0) is 40.5 Å². The number of amides is 2. The largest absolute Gasteiger partial charge is 0.396 e. The molecule has 0 aliphatic heterocycles. The predicted octanol–water partition coefficient (Wildman–Crippen LogP) is 1.25. The van der Waals surface area contributed by atoms with Gasteiger partial charge in [0.15, 0.2) is 0 Å². The van der Waals surface area contributed by atoms with Crippen LogP contribution in [0.1, 0.15) is 40.5 Å². The van der Waals surface area contributed by atoms with E-state index in [1.54, 1.807) is 0 Å². The summed E-state index contributed by atoms with van der Waals surface area (Å²) in [7, 11) is 0. The highest BCUT2D eigenvalue weighted by atomic mass is 16.3. The van der Waals surface area contributed by atoms with Gasteiger partial charge in [-0.1, -0.05) is 0 Å². The Hall–Kier alpha value is -0.770. The highest BCUT2D eigenvalue weighted by Crippen LogP contribution is 1.99. The van der Waals surface area contributed by atoms with E-state index in [9.17, 15) is 4.79 Å². The van der Waals surface area contributed by atoms with Crippen molar-refractivity contribution in [1.29, 1.82) is 0 Å². The highest BCUT2D eigenvalue weighted by molar-refractivity contribution is 5.74. The van der Waals surface area contributed by atoms with Gasteiger partial charge in [-0.25, -0.2) is 4.79 Å². The van der Waals surface area contributed by atoms with Crippen LogP contribution in [0.3, 0.4) is 0 Å². The summed E-state index contributed by atoms with van der Waals surface area (Å²) in [6, 6.07) is -0.0487. The van der Waals surface area contributed by atoms with Gasteiger partial charge in [0.2, 0.25) is 0 Å². The summed E-state index contributed by atoms with van der Waals surface area (Å²) in [5, 5.41) is 14.2. The monoisotopic (exact) mass is 202 g/mol. The number of rotatable bonds is 4. The zero-order valence-corrected chi connectivity index (χ0v) is 9.55. The smallest absolute Gasteiger partial charge is 0.315 e. The first-order valence-electron chi connectivity index (χ1n) is 5.04. The van der Waals surface area contributed by atoms with Crippen LogP contribution in [-0.2, 0) is 0 Å². The second-order valence-electron chi connectivity index (χ2n) is 4.62. The van der Waals surface area contributed by atoms with Crippen molar-refractivity contribution in [3.8, 4) is 0 Å². The number of aliphatic hydroxyl groups is 1. The first kappa shape index (κ1) is 13.2. The van der Waals surface area contributed by atoms with Crippen molar-refractivity contribution >= 4 is 6.03 Å². The average Bonchev–Trinajstić information content (AvgIpc) is 1.96. The first-order valence-corrected chi connectivity index (χ1v) is 5.04. The van der Waals surface area contributed by atoms with E-state index in [0.29, 0.717) is 0 Å². The standard InChI is InChI=1S/C10H22N2O2/c1-8(6-5-7-13)11-9(14)12-10(2,3)4/h8,13H,5-7H2,1-4H3,(H2,11,12,14). The maximum atomic E-state index is 11.3. The van der Waals surface area contributed by atoms with Crippen LogP contribution in [-0.4, -0.2) is 29.3 Å². The molecular formula is C10H22N2O2. The zero-order valence-electron chi connectivity index (χ0n) is 9.55. The van der Waals surface area contributed by atoms with E-state index in [0.717, 1.165) is 12.8 Å². The van der Waals surface area contributed by atoms with Crippen molar-refractivity contribution in [2.45, 2.75) is 52.1 Å². The Morgan fingerprint density at radius 3 is 2.43 bits per heavy atom. The van der Waals surface area contributed by atoms with Gasteiger partial charge in [0.1, 0.15) is 0 Å². The number of carbonyl (C=O) groups excluding carboxylic acids is 1. The van der Waals surface area contributed by atoms with Crippen LogP contribution in [0.25, 0.3) is 0 Å². The van der Waals surface area contributed by atoms with Crippen molar-refractivity contribution in [2.75, 3.05) is 6.61 Å². The summed E-state index contributed by atoms with van der Waals surface area (Å²) in [6.07, 6.45) is 1.52. The third-order valence-corrected chi connectivity index (χ3v) is 1.66. The van der Waals surface area contributed by atoms with Crippen molar-refractivity contribution in [2.24, 2.45) is 0 Å². The van der Waals surface area contributed by atoms with Crippen LogP contribution in [0, 0.1) is 0 Å². The van der Waals surface area contributed by atoms with Crippen LogP contribution in [0.2, 0.25) is 0 Å². The summed E-state index contributed by atoms with van der Waals surface area (Å²) in [6.45, 7) is 7.91. The van der Waals surface area contributed by atoms with E-state index in [-0.39, 0.29) is 24.2 Å². The van der Waals surface area contributed by atoms with Gasteiger partial charge in [-0.15, -0.1) is 0 Å². The molecule has 1 atom stereocenters. The Labute approximate surface area is 86.1 Å². The van der Waals surface area contributed by atoms with E-state index >= 15 is 0 Å². The van der Waals surface area contributed by atoms with Gasteiger partial charge in [-0.3, -0.25) is 0 Å². The Balaban J connectivity index is 3.71. The minimum atomic E-state index is -0.208. The third-order valence-electron chi connectivity index (χ3n) is 1.66. The summed E-state index contributed by atoms with van der Waals surface area (Å²) < 4.78 is 0. The van der Waals surface area contributed by atoms with E-state index in [2.05, 4.69) is 10.6 Å². The fourth-order valence-corrected chi connectivity index (χ4v) is 1.07. The second kappa shape index (κ2) is 5.86. The molecule has 84 valence electrons. The van der Waals surface area contributed by atoms with Crippen molar-refractivity contribution in [1.82, 2.24) is 10.6 Å². The molecule has 0 saturated heterocycles. The molecule has 2 amide bonds. The maximum Gasteiger partial charge on any atom is 0.315 e. The minimum absolute atomic E-state index is 0.101. The minimum Gasteiger partial charge on any atom is -0.396 e. The number of hydrogen-bond donors (Lipinski definition) is 3. The molecule has 0 aromatic rings. The Morgan fingerprint density at radius 1 is 1.43 bits per heavy atom. The van der Waals surface area contributed by atoms with Crippen molar-refractivity contribution in [3.05, 3.63) is 0 Å². The fraction of sp³-hybridized carbons (Fsp3) is 0.900. The lowest BCUT2D eigenvalue weighted by molar-refractivity contribution is 0.226. The molecular weight excluding hydrogens is 180 g/mol. The number of urea groups is 1. The molecule has 0 bridgehead atoms. The predicted molar refractivity (Wildman–Crippen MR) is 57.2 cm³/mol. The summed E-state index contributed by atoms with van der Waals surface area (Å²) in [5.74, 6) is 0. The van der Waals surface area contributed by atoms with Gasteiger partial charge >= 0.3 is 6.03 Å². The van der Waals surface area contributed by atoms with E-state index in [1.807, 2.05) is 27.7 Å². The molecule has 0 heterocycles. The molecule has 0 aliphatic carbocycles. The topological polar surface area (TPSA) is 61.4 Å². The number of carbonyl (C=O) groups is 1. The molecule has 3 N–H and O–H groups in total. The van der Waals surface area contributed by atoms with E-state index in [4.69, 9.17) is 5.11 Å². The van der Waals surface area contributed by atoms with Crippen LogP contribution >= 0.6 is 0 Å². The molecule has 1 unspecified atom stereocenters. The first-order chi connectivity index (χ1) is 6.35. The molecule has 0 radical (unpaired) electrons. The highest BCUT2D eigenvalue weighted by Gasteiger charge is 2.14. The molecule has 0 aliphatic rings. The summed E-state index contributed by atoms with van der Waals surface area (Å²) >= 11 is 0. The van der Waals surface area contributed by atoms with Gasteiger partial charge < -0.3 is 15.7 Å². The van der Waals surface area contributed by atoms with Gasteiger partial charge in [0.25, 0.3) is 0 Å². The molecule has 0 saturated carbocycles. The number of aliphatic hydroxyl groups excluding tert-OH is 1. The molecule has 4 heteroatoms. The quantitative estimate of drug-likeness (QED) is 0.642. The van der Waals surface area contributed by atoms with E-state index in [1.165, 1.54) is 0 Å².